The summed E-state index contributed by atoms with van der Waals surface area (Å²) in [5.74, 6) is -5.28. The summed E-state index contributed by atoms with van der Waals surface area (Å²) < 4.78 is 0. The number of carboxylic acid groups (broad SMARTS) is 1. The molecule has 254 valence electrons. The Labute approximate surface area is 278 Å². The fourth-order valence-corrected chi connectivity index (χ4v) is 4.81. The van der Waals surface area contributed by atoms with Crippen molar-refractivity contribution >= 4 is 35.5 Å². The first kappa shape index (κ1) is 36.7. The summed E-state index contributed by atoms with van der Waals surface area (Å²) in [6.45, 7) is 5.14. The largest absolute Gasteiger partial charge is 0.508 e. The molecule has 0 aliphatic heterocycles. The minimum atomic E-state index is -1.54. The number of nitrogens with two attached hydrogens (primary N) is 1. The first-order chi connectivity index (χ1) is 22.7. The molecule has 0 aromatic heterocycles. The van der Waals surface area contributed by atoms with Crippen LogP contribution in [0.4, 0.5) is 0 Å². The summed E-state index contributed by atoms with van der Waals surface area (Å²) in [5, 5.41) is 28.9. The zero-order chi connectivity index (χ0) is 35.4. The van der Waals surface area contributed by atoms with Crippen molar-refractivity contribution in [3.8, 4) is 16.9 Å². The first-order valence-electron chi connectivity index (χ1n) is 15.4. The fourth-order valence-electron chi connectivity index (χ4n) is 4.81. The molecular formula is C35H41N5O8. The Morgan fingerprint density at radius 1 is 0.667 bits per heavy atom. The number of aliphatic carboxylic acids is 1. The Balaban J connectivity index is 1.72. The van der Waals surface area contributed by atoms with E-state index in [2.05, 4.69) is 21.3 Å². The van der Waals surface area contributed by atoms with E-state index in [1.807, 2.05) is 44.2 Å². The van der Waals surface area contributed by atoms with Gasteiger partial charge in [0, 0.05) is 12.0 Å². The lowest BCUT2D eigenvalue weighted by molar-refractivity contribution is -0.140. The van der Waals surface area contributed by atoms with Gasteiger partial charge < -0.3 is 37.2 Å². The molecule has 13 nitrogen and oxygen atoms in total. The Kier molecular flexibility index (Phi) is 13.2. The molecule has 5 amide bonds. The lowest BCUT2D eigenvalue weighted by Gasteiger charge is -2.26. The first-order valence-corrected chi connectivity index (χ1v) is 15.4. The van der Waals surface area contributed by atoms with Crippen LogP contribution in [0.2, 0.25) is 0 Å². The Morgan fingerprint density at radius 2 is 1.21 bits per heavy atom. The molecule has 13 heteroatoms. The maximum Gasteiger partial charge on any atom is 0.305 e. The second-order valence-electron chi connectivity index (χ2n) is 11.8. The molecule has 0 saturated carbocycles. The van der Waals surface area contributed by atoms with Gasteiger partial charge in [-0.2, -0.15) is 0 Å². The highest BCUT2D eigenvalue weighted by Gasteiger charge is 2.31. The molecule has 0 fully saturated rings. The van der Waals surface area contributed by atoms with E-state index in [9.17, 15) is 33.9 Å². The maximum absolute atomic E-state index is 13.6. The molecule has 0 aliphatic carbocycles. The zero-order valence-electron chi connectivity index (χ0n) is 26.9. The van der Waals surface area contributed by atoms with Crippen molar-refractivity contribution in [1.82, 2.24) is 21.3 Å². The van der Waals surface area contributed by atoms with Gasteiger partial charge in [-0.05, 0) is 60.2 Å². The van der Waals surface area contributed by atoms with Crippen molar-refractivity contribution in [3.63, 3.8) is 0 Å². The number of rotatable bonds is 16. The molecule has 0 heterocycles. The number of carbonyl (C=O) groups is 6. The second kappa shape index (κ2) is 17.3. The maximum atomic E-state index is 13.6. The minimum Gasteiger partial charge on any atom is -0.508 e. The molecule has 0 saturated heterocycles. The van der Waals surface area contributed by atoms with Crippen molar-refractivity contribution in [2.24, 2.45) is 11.7 Å². The third-order valence-electron chi connectivity index (χ3n) is 7.38. The van der Waals surface area contributed by atoms with E-state index in [1.54, 1.807) is 24.3 Å². The van der Waals surface area contributed by atoms with E-state index in [0.717, 1.165) is 11.1 Å². The quantitative estimate of drug-likeness (QED) is 0.120. The van der Waals surface area contributed by atoms with Gasteiger partial charge in [0.05, 0.1) is 6.42 Å². The second-order valence-corrected chi connectivity index (χ2v) is 11.8. The molecule has 3 aromatic carbocycles. The number of carboxylic acids is 1. The highest BCUT2D eigenvalue weighted by molar-refractivity contribution is 5.99. The van der Waals surface area contributed by atoms with Gasteiger partial charge in [-0.3, -0.25) is 28.8 Å². The van der Waals surface area contributed by atoms with E-state index >= 15 is 0 Å². The van der Waals surface area contributed by atoms with Gasteiger partial charge in [0.25, 0.3) is 5.91 Å². The van der Waals surface area contributed by atoms with Crippen LogP contribution in [0.25, 0.3) is 11.1 Å². The highest BCUT2D eigenvalue weighted by atomic mass is 16.4. The van der Waals surface area contributed by atoms with Crippen LogP contribution in [0, 0.1) is 5.92 Å². The van der Waals surface area contributed by atoms with E-state index in [4.69, 9.17) is 10.8 Å². The Morgan fingerprint density at radius 3 is 1.77 bits per heavy atom. The van der Waals surface area contributed by atoms with Gasteiger partial charge in [-0.25, -0.2) is 0 Å². The monoisotopic (exact) mass is 659 g/mol. The third-order valence-corrected chi connectivity index (χ3v) is 7.38. The number of phenols is 1. The van der Waals surface area contributed by atoms with Gasteiger partial charge in [0.15, 0.2) is 0 Å². The molecular weight excluding hydrogens is 618 g/mol. The molecule has 0 radical (unpaired) electrons. The molecule has 3 rings (SSSR count). The van der Waals surface area contributed by atoms with Crippen molar-refractivity contribution in [3.05, 3.63) is 90.0 Å². The van der Waals surface area contributed by atoms with Crippen molar-refractivity contribution in [2.45, 2.75) is 64.2 Å². The highest BCUT2D eigenvalue weighted by Crippen LogP contribution is 2.19. The molecule has 8 N–H and O–H groups in total. The van der Waals surface area contributed by atoms with Crippen molar-refractivity contribution < 1.29 is 39.0 Å². The summed E-state index contributed by atoms with van der Waals surface area (Å²) in [7, 11) is 0. The van der Waals surface area contributed by atoms with Gasteiger partial charge in [-0.15, -0.1) is 0 Å². The van der Waals surface area contributed by atoms with Crippen LogP contribution in [0.5, 0.6) is 5.75 Å². The molecule has 3 aromatic rings. The number of amides is 5. The lowest BCUT2D eigenvalue weighted by atomic mass is 10.0. The average molecular weight is 660 g/mol. The van der Waals surface area contributed by atoms with Gasteiger partial charge in [-0.1, -0.05) is 68.4 Å². The van der Waals surface area contributed by atoms with E-state index in [0.29, 0.717) is 11.1 Å². The van der Waals surface area contributed by atoms with Crippen LogP contribution in [0.15, 0.2) is 78.9 Å². The van der Waals surface area contributed by atoms with Crippen LogP contribution in [-0.4, -0.2) is 69.9 Å². The SMILES string of the molecule is CC(C)C[C@H](NC(=O)[C@H](C)NC(=O)c1ccc(-c2ccccc2)cc1)C(=O)N[C@@H](Cc1ccc(O)cc1)C(=O)N[C@@H](CC(=O)O)C(N)=O. The van der Waals surface area contributed by atoms with E-state index < -0.39 is 66.1 Å². The van der Waals surface area contributed by atoms with Crippen LogP contribution < -0.4 is 27.0 Å². The van der Waals surface area contributed by atoms with Crippen LogP contribution in [-0.2, 0) is 30.4 Å². The molecule has 48 heavy (non-hydrogen) atoms. The average Bonchev–Trinajstić information content (AvgIpc) is 3.04. The summed E-state index contributed by atoms with van der Waals surface area (Å²) in [4.78, 5) is 76.0. The predicted molar refractivity (Wildman–Crippen MR) is 177 cm³/mol. The van der Waals surface area contributed by atoms with Crippen molar-refractivity contribution in [2.75, 3.05) is 0 Å². The number of phenolic OH excluding ortho intramolecular Hbond substituents is 1. The van der Waals surface area contributed by atoms with Gasteiger partial charge >= 0.3 is 5.97 Å². The number of benzene rings is 3. The van der Waals surface area contributed by atoms with Crippen molar-refractivity contribution in [1.29, 1.82) is 0 Å². The number of hydrogen-bond acceptors (Lipinski definition) is 7. The molecule has 0 unspecified atom stereocenters. The number of hydrogen-bond donors (Lipinski definition) is 7. The van der Waals surface area contributed by atoms with Gasteiger partial charge in [0.2, 0.25) is 23.6 Å². The summed E-state index contributed by atoms with van der Waals surface area (Å²) in [6, 6.07) is 17.3. The smallest absolute Gasteiger partial charge is 0.305 e. The summed E-state index contributed by atoms with van der Waals surface area (Å²) in [5.41, 5.74) is 8.06. The number of carbonyl (C=O) groups excluding carboxylic acids is 5. The number of nitrogens with one attached hydrogen (secondary N) is 4. The minimum absolute atomic E-state index is 0.0239. The topological polar surface area (TPSA) is 217 Å². The molecule has 0 aliphatic rings. The van der Waals surface area contributed by atoms with E-state index in [1.165, 1.54) is 31.2 Å². The Hall–Kier alpha value is -5.72. The molecule has 4 atom stereocenters. The molecule has 0 spiro atoms. The fraction of sp³-hybridized carbons (Fsp3) is 0.314. The standard InChI is InChI=1S/C35H41N5O8/c1-20(2)17-28(39-32(45)21(3)37-33(46)25-13-11-24(12-14-25)23-7-5-4-6-8-23)34(47)40-29(18-22-9-15-26(41)16-10-22)35(48)38-27(31(36)44)19-30(42)43/h4-16,20-21,27-29,41H,17-19H2,1-3H3,(H2,36,44)(H,37,46)(H,38,48)(H,39,45)(H,40,47)(H,42,43)/t21-,27-,28-,29-/m0/s1. The zero-order valence-corrected chi connectivity index (χ0v) is 26.9. The van der Waals surface area contributed by atoms with Crippen LogP contribution in [0.1, 0.15) is 49.5 Å². The van der Waals surface area contributed by atoms with E-state index in [-0.39, 0.29) is 24.5 Å². The predicted octanol–water partition coefficient (Wildman–Crippen LogP) is 1.88. The van der Waals surface area contributed by atoms with Crippen LogP contribution >= 0.6 is 0 Å². The summed E-state index contributed by atoms with van der Waals surface area (Å²) in [6.07, 6.45) is -0.697. The van der Waals surface area contributed by atoms with Crippen LogP contribution in [0.3, 0.4) is 0 Å². The number of aromatic hydroxyl groups is 1. The molecule has 0 bridgehead atoms. The summed E-state index contributed by atoms with van der Waals surface area (Å²) >= 11 is 0. The Bertz CT molecular complexity index is 1590. The third kappa shape index (κ3) is 11.3. The normalized spacial score (nSPS) is 13.3. The lowest BCUT2D eigenvalue weighted by Crippen LogP contribution is -2.58. The van der Waals surface area contributed by atoms with Gasteiger partial charge in [0.1, 0.15) is 29.9 Å². The number of primary amides is 1.